The summed E-state index contributed by atoms with van der Waals surface area (Å²) >= 11 is 6.40. The fourth-order valence-electron chi connectivity index (χ4n) is 4.75. The highest BCUT2D eigenvalue weighted by molar-refractivity contribution is 6.32. The van der Waals surface area contributed by atoms with E-state index in [0.29, 0.717) is 24.9 Å². The zero-order chi connectivity index (χ0) is 26.3. The largest absolute Gasteiger partial charge is 0.488 e. The Morgan fingerprint density at radius 1 is 1.11 bits per heavy atom. The minimum absolute atomic E-state index is 0.0375. The highest BCUT2D eigenvalue weighted by Gasteiger charge is 2.20. The van der Waals surface area contributed by atoms with Crippen LogP contribution < -0.4 is 15.4 Å². The predicted octanol–water partition coefficient (Wildman–Crippen LogP) is 5.36. The maximum absolute atomic E-state index is 14.9. The summed E-state index contributed by atoms with van der Waals surface area (Å²) in [6.45, 7) is 4.95. The second-order valence-corrected chi connectivity index (χ2v) is 9.91. The Morgan fingerprint density at radius 2 is 1.92 bits per heavy atom. The third-order valence-corrected chi connectivity index (χ3v) is 7.17. The molecule has 10 heteroatoms. The summed E-state index contributed by atoms with van der Waals surface area (Å²) in [5, 5.41) is 6.58. The van der Waals surface area contributed by atoms with Gasteiger partial charge in [0.1, 0.15) is 22.6 Å². The van der Waals surface area contributed by atoms with Crippen LogP contribution in [-0.2, 0) is 22.3 Å². The van der Waals surface area contributed by atoms with E-state index in [2.05, 4.69) is 37.6 Å². The van der Waals surface area contributed by atoms with Crippen LogP contribution in [0.15, 0.2) is 42.6 Å². The van der Waals surface area contributed by atoms with E-state index in [1.807, 2.05) is 6.07 Å². The molecule has 0 aliphatic carbocycles. The van der Waals surface area contributed by atoms with Crippen LogP contribution in [-0.4, -0.2) is 67.5 Å². The van der Waals surface area contributed by atoms with Crippen molar-refractivity contribution in [2.75, 3.05) is 57.2 Å². The molecule has 0 spiro atoms. The molecule has 1 saturated heterocycles. The van der Waals surface area contributed by atoms with Crippen molar-refractivity contribution in [2.24, 2.45) is 0 Å². The van der Waals surface area contributed by atoms with Crippen LogP contribution in [0.4, 0.5) is 27.5 Å². The van der Waals surface area contributed by atoms with E-state index in [1.165, 1.54) is 23.4 Å². The molecular formula is C28H33ClFN5O3. The van der Waals surface area contributed by atoms with E-state index < -0.39 is 5.82 Å². The van der Waals surface area contributed by atoms with Gasteiger partial charge in [-0.2, -0.15) is 4.98 Å². The van der Waals surface area contributed by atoms with Gasteiger partial charge in [0.2, 0.25) is 5.95 Å². The predicted molar refractivity (Wildman–Crippen MR) is 147 cm³/mol. The second-order valence-electron chi connectivity index (χ2n) is 9.50. The Labute approximate surface area is 227 Å². The number of methoxy groups -OCH3 is 1. The van der Waals surface area contributed by atoms with Gasteiger partial charge in [-0.05, 0) is 48.2 Å². The van der Waals surface area contributed by atoms with Gasteiger partial charge >= 0.3 is 0 Å². The summed E-state index contributed by atoms with van der Waals surface area (Å²) in [5.74, 6) is 0.598. The Balaban J connectivity index is 1.30. The van der Waals surface area contributed by atoms with Gasteiger partial charge in [0.25, 0.3) is 0 Å². The number of hydrogen-bond donors (Lipinski definition) is 2. The molecule has 38 heavy (non-hydrogen) atoms. The first-order valence-corrected chi connectivity index (χ1v) is 13.4. The molecule has 5 rings (SSSR count). The molecular weight excluding hydrogens is 509 g/mol. The maximum atomic E-state index is 14.9. The van der Waals surface area contributed by atoms with Gasteiger partial charge in [-0.1, -0.05) is 23.7 Å². The molecule has 0 radical (unpaired) electrons. The number of fused-ring (bicyclic) bond motifs is 1. The molecule has 8 nitrogen and oxygen atoms in total. The van der Waals surface area contributed by atoms with Crippen molar-refractivity contribution in [3.05, 3.63) is 64.6 Å². The number of halogens is 2. The average molecular weight is 542 g/mol. The van der Waals surface area contributed by atoms with Crippen LogP contribution >= 0.6 is 11.6 Å². The Kier molecular flexibility index (Phi) is 8.90. The van der Waals surface area contributed by atoms with Gasteiger partial charge in [0.15, 0.2) is 11.6 Å². The number of rotatable bonds is 9. The first-order valence-electron chi connectivity index (χ1n) is 13.0. The zero-order valence-corrected chi connectivity index (χ0v) is 22.3. The number of benzene rings is 2. The van der Waals surface area contributed by atoms with E-state index in [1.54, 1.807) is 19.2 Å². The van der Waals surface area contributed by atoms with Gasteiger partial charge in [-0.3, -0.25) is 0 Å². The number of aromatic nitrogens is 2. The van der Waals surface area contributed by atoms with Gasteiger partial charge in [0, 0.05) is 45.3 Å². The van der Waals surface area contributed by atoms with Crippen molar-refractivity contribution in [3.8, 4) is 5.75 Å². The summed E-state index contributed by atoms with van der Waals surface area (Å²) in [4.78, 5) is 11.3. The maximum Gasteiger partial charge on any atom is 0.229 e. The number of anilines is 4. The first-order chi connectivity index (χ1) is 18.6. The van der Waals surface area contributed by atoms with E-state index >= 15 is 0 Å². The summed E-state index contributed by atoms with van der Waals surface area (Å²) < 4.78 is 31.6. The number of ether oxygens (including phenoxy) is 3. The second kappa shape index (κ2) is 12.7. The Bertz CT molecular complexity index is 1240. The van der Waals surface area contributed by atoms with Crippen LogP contribution in [0.2, 0.25) is 5.02 Å². The van der Waals surface area contributed by atoms with Crippen molar-refractivity contribution in [1.29, 1.82) is 0 Å². The van der Waals surface area contributed by atoms with E-state index in [0.717, 1.165) is 57.6 Å². The van der Waals surface area contributed by atoms with Crippen molar-refractivity contribution < 1.29 is 18.6 Å². The molecule has 0 saturated carbocycles. The third kappa shape index (κ3) is 6.71. The lowest BCUT2D eigenvalue weighted by atomic mass is 10.0. The number of nitrogens with one attached hydrogen (secondary N) is 2. The molecule has 2 N–H and O–H groups in total. The first kappa shape index (κ1) is 26.6. The number of nitrogens with zero attached hydrogens (tertiary/aromatic N) is 3. The Morgan fingerprint density at radius 3 is 2.74 bits per heavy atom. The summed E-state index contributed by atoms with van der Waals surface area (Å²) in [6.07, 6.45) is 4.94. The number of hydrogen-bond acceptors (Lipinski definition) is 8. The van der Waals surface area contributed by atoms with Gasteiger partial charge in [0.05, 0.1) is 26.0 Å². The molecule has 0 amide bonds. The Hall–Kier alpha value is -2.98. The molecule has 0 bridgehead atoms. The molecule has 2 aromatic carbocycles. The minimum Gasteiger partial charge on any atom is -0.488 e. The lowest BCUT2D eigenvalue weighted by molar-refractivity contribution is 0.0258. The molecule has 1 fully saturated rings. The van der Waals surface area contributed by atoms with Crippen molar-refractivity contribution in [3.63, 3.8) is 0 Å². The molecule has 202 valence electrons. The third-order valence-electron chi connectivity index (χ3n) is 6.89. The van der Waals surface area contributed by atoms with E-state index in [9.17, 15) is 4.39 Å². The van der Waals surface area contributed by atoms with Crippen molar-refractivity contribution in [2.45, 2.75) is 31.8 Å². The van der Waals surface area contributed by atoms with E-state index in [-0.39, 0.29) is 22.6 Å². The normalized spacial score (nSPS) is 16.5. The quantitative estimate of drug-likeness (QED) is 0.375. The van der Waals surface area contributed by atoms with Crippen molar-refractivity contribution >= 4 is 34.7 Å². The molecule has 2 aliphatic rings. The fraction of sp³-hybridized carbons (Fsp3) is 0.429. The van der Waals surface area contributed by atoms with Crippen molar-refractivity contribution in [1.82, 2.24) is 14.9 Å². The molecule has 1 aromatic heterocycles. The zero-order valence-electron chi connectivity index (χ0n) is 21.5. The minimum atomic E-state index is -0.455. The topological polar surface area (TPSA) is 80.8 Å². The average Bonchev–Trinajstić information content (AvgIpc) is 3.13. The molecule has 2 aliphatic heterocycles. The summed E-state index contributed by atoms with van der Waals surface area (Å²) in [6, 6.07) is 11.1. The molecule has 0 unspecified atom stereocenters. The molecule has 3 aromatic rings. The fourth-order valence-corrected chi connectivity index (χ4v) is 4.89. The lowest BCUT2D eigenvalue weighted by Crippen LogP contribution is -2.29. The lowest BCUT2D eigenvalue weighted by Gasteiger charge is -2.25. The smallest absolute Gasteiger partial charge is 0.229 e. The highest BCUT2D eigenvalue weighted by Crippen LogP contribution is 2.34. The van der Waals surface area contributed by atoms with Gasteiger partial charge < -0.3 is 29.7 Å². The van der Waals surface area contributed by atoms with Crippen LogP contribution in [0.5, 0.6) is 5.75 Å². The molecule has 0 atom stereocenters. The van der Waals surface area contributed by atoms with Crippen LogP contribution in [0.1, 0.15) is 24.0 Å². The van der Waals surface area contributed by atoms with Gasteiger partial charge in [-0.15, -0.1) is 0 Å². The standard InChI is InChI=1S/C28H33ClFN5O3/c1-36-16-13-35-11-7-19-5-6-21(17-20(19)8-12-35)32-28-31-18-23(29)27(34-28)33-26-24(30)3-2-4-25(26)38-22-9-14-37-15-10-22/h2-6,17-18,22H,7-16H2,1H3,(H2,31,32,33,34). The molecule has 3 heterocycles. The van der Waals surface area contributed by atoms with Crippen LogP contribution in [0, 0.1) is 5.82 Å². The van der Waals surface area contributed by atoms with Crippen LogP contribution in [0.3, 0.4) is 0 Å². The SMILES string of the molecule is COCCN1CCc2ccc(Nc3ncc(Cl)c(Nc4c(F)cccc4OC4CCOCC4)n3)cc2CC1. The monoisotopic (exact) mass is 541 g/mol. The van der Waals surface area contributed by atoms with E-state index in [4.69, 9.17) is 25.8 Å². The van der Waals surface area contributed by atoms with Crippen LogP contribution in [0.25, 0.3) is 0 Å². The number of para-hydroxylation sites is 1. The summed E-state index contributed by atoms with van der Waals surface area (Å²) in [5.41, 5.74) is 3.74. The summed E-state index contributed by atoms with van der Waals surface area (Å²) in [7, 11) is 1.74. The van der Waals surface area contributed by atoms with Gasteiger partial charge in [-0.25, -0.2) is 9.37 Å². The highest BCUT2D eigenvalue weighted by atomic mass is 35.5.